The number of piperidine rings is 1. The van der Waals surface area contributed by atoms with Gasteiger partial charge in [-0.15, -0.1) is 5.10 Å². The molecule has 206 valence electrons. The van der Waals surface area contributed by atoms with Gasteiger partial charge in [0.2, 0.25) is 0 Å². The van der Waals surface area contributed by atoms with E-state index in [0.29, 0.717) is 34.4 Å². The van der Waals surface area contributed by atoms with E-state index in [1.165, 1.54) is 12.1 Å². The first kappa shape index (κ1) is 26.1. The molecule has 0 amide bonds. The third kappa shape index (κ3) is 4.88. The van der Waals surface area contributed by atoms with Crippen LogP contribution in [0.5, 0.6) is 5.75 Å². The van der Waals surface area contributed by atoms with Crippen molar-refractivity contribution in [2.45, 2.75) is 50.8 Å². The minimum absolute atomic E-state index is 0.112. The summed E-state index contributed by atoms with van der Waals surface area (Å²) in [5.74, 6) is -0.0329. The Morgan fingerprint density at radius 3 is 2.67 bits per heavy atom. The van der Waals surface area contributed by atoms with Crippen molar-refractivity contribution in [2.24, 2.45) is 0 Å². The zero-order chi connectivity index (χ0) is 27.1. The van der Waals surface area contributed by atoms with Crippen LogP contribution in [0.1, 0.15) is 43.6 Å². The summed E-state index contributed by atoms with van der Waals surface area (Å²) in [4.78, 5) is 6.58. The van der Waals surface area contributed by atoms with Gasteiger partial charge in [-0.25, -0.2) is 13.6 Å². The lowest BCUT2D eigenvalue weighted by Crippen LogP contribution is -2.52. The van der Waals surface area contributed by atoms with Crippen LogP contribution in [0.4, 0.5) is 4.39 Å². The predicted molar refractivity (Wildman–Crippen MR) is 142 cm³/mol. The summed E-state index contributed by atoms with van der Waals surface area (Å²) in [5, 5.41) is 25.1. The highest BCUT2D eigenvalue weighted by Gasteiger charge is 2.32. The van der Waals surface area contributed by atoms with E-state index in [2.05, 4.69) is 25.3 Å². The minimum Gasteiger partial charge on any atom is -0.488 e. The number of aromatic nitrogens is 6. The maximum atomic E-state index is 13.4. The lowest BCUT2D eigenvalue weighted by molar-refractivity contribution is -0.0735. The lowest BCUT2D eigenvalue weighted by Gasteiger charge is -2.41. The predicted octanol–water partition coefficient (Wildman–Crippen LogP) is 3.80. The van der Waals surface area contributed by atoms with E-state index in [9.17, 15) is 9.50 Å². The van der Waals surface area contributed by atoms with E-state index in [4.69, 9.17) is 21.1 Å². The van der Waals surface area contributed by atoms with Gasteiger partial charge in [-0.2, -0.15) is 5.10 Å². The molecular formula is C27H31ClFN7O3. The van der Waals surface area contributed by atoms with Crippen LogP contribution in [0, 0.1) is 12.7 Å². The molecule has 39 heavy (non-hydrogen) atoms. The zero-order valence-electron chi connectivity index (χ0n) is 21.9. The summed E-state index contributed by atoms with van der Waals surface area (Å²) in [6.45, 7) is 7.43. The van der Waals surface area contributed by atoms with E-state index < -0.39 is 11.4 Å². The lowest BCUT2D eigenvalue weighted by atomic mass is 9.97. The van der Waals surface area contributed by atoms with E-state index in [-0.39, 0.29) is 12.6 Å². The highest BCUT2D eigenvalue weighted by Crippen LogP contribution is 2.35. The molecule has 0 aliphatic carbocycles. The van der Waals surface area contributed by atoms with Gasteiger partial charge in [-0.3, -0.25) is 9.88 Å². The number of hydrogen-bond acceptors (Lipinski definition) is 8. The number of aliphatic hydroxyl groups is 1. The van der Waals surface area contributed by atoms with Gasteiger partial charge in [0.15, 0.2) is 0 Å². The van der Waals surface area contributed by atoms with Crippen molar-refractivity contribution in [3.05, 3.63) is 59.0 Å². The SMILES string of the molecule is CC[C@](O)(COc1cc(-c2nnn(C3CCN(C4COC4)CC3)c2C)cn2ncc(Cl)c12)c1ccc(F)cn1. The molecule has 0 unspecified atom stereocenters. The molecule has 1 atom stereocenters. The fourth-order valence-corrected chi connectivity index (χ4v) is 5.60. The number of fused-ring (bicyclic) bond motifs is 1. The van der Waals surface area contributed by atoms with Crippen molar-refractivity contribution in [1.82, 2.24) is 34.5 Å². The van der Waals surface area contributed by atoms with Crippen molar-refractivity contribution in [2.75, 3.05) is 32.9 Å². The quantitative estimate of drug-likeness (QED) is 0.350. The Kier molecular flexibility index (Phi) is 7.00. The molecule has 0 aromatic carbocycles. The van der Waals surface area contributed by atoms with Gasteiger partial charge in [0.05, 0.1) is 54.1 Å². The van der Waals surface area contributed by atoms with Crippen LogP contribution < -0.4 is 4.74 Å². The molecule has 12 heteroatoms. The molecule has 2 saturated heterocycles. The first-order valence-corrected chi connectivity index (χ1v) is 13.6. The molecule has 0 bridgehead atoms. The molecule has 0 saturated carbocycles. The Morgan fingerprint density at radius 1 is 1.21 bits per heavy atom. The average molecular weight is 556 g/mol. The summed E-state index contributed by atoms with van der Waals surface area (Å²) in [6, 6.07) is 5.41. The van der Waals surface area contributed by atoms with Crippen LogP contribution in [0.25, 0.3) is 16.8 Å². The second-order valence-corrected chi connectivity index (χ2v) is 10.7. The number of likely N-dealkylation sites (tertiary alicyclic amines) is 1. The smallest absolute Gasteiger partial charge is 0.147 e. The van der Waals surface area contributed by atoms with E-state index in [1.54, 1.807) is 10.7 Å². The Labute approximate surface area is 230 Å². The van der Waals surface area contributed by atoms with Crippen molar-refractivity contribution in [3.63, 3.8) is 0 Å². The molecule has 2 aliphatic rings. The molecule has 0 spiro atoms. The van der Waals surface area contributed by atoms with E-state index >= 15 is 0 Å². The number of nitrogens with zero attached hydrogens (tertiary/aromatic N) is 7. The molecule has 2 aliphatic heterocycles. The van der Waals surface area contributed by atoms with Gasteiger partial charge < -0.3 is 14.6 Å². The normalized spacial score (nSPS) is 18.8. The van der Waals surface area contributed by atoms with Gasteiger partial charge in [0.1, 0.15) is 35.0 Å². The molecule has 6 heterocycles. The summed E-state index contributed by atoms with van der Waals surface area (Å²) in [7, 11) is 0. The van der Waals surface area contributed by atoms with Crippen LogP contribution in [0.15, 0.2) is 36.8 Å². The fraction of sp³-hybridized carbons (Fsp3) is 0.481. The van der Waals surface area contributed by atoms with Crippen LogP contribution >= 0.6 is 11.6 Å². The average Bonchev–Trinajstić information content (AvgIpc) is 3.49. The molecule has 6 rings (SSSR count). The van der Waals surface area contributed by atoms with Crippen molar-refractivity contribution in [1.29, 1.82) is 0 Å². The molecule has 4 aromatic rings. The first-order chi connectivity index (χ1) is 18.9. The highest BCUT2D eigenvalue weighted by atomic mass is 35.5. The van der Waals surface area contributed by atoms with Crippen molar-refractivity contribution >= 4 is 17.1 Å². The Hall–Kier alpha value is -3.12. The largest absolute Gasteiger partial charge is 0.488 e. The molecule has 4 aromatic heterocycles. The van der Waals surface area contributed by atoms with Gasteiger partial charge in [-0.05, 0) is 44.4 Å². The summed E-state index contributed by atoms with van der Waals surface area (Å²) >= 11 is 6.46. The maximum Gasteiger partial charge on any atom is 0.147 e. The minimum atomic E-state index is -1.42. The highest BCUT2D eigenvalue weighted by molar-refractivity contribution is 6.34. The Balaban J connectivity index is 1.27. The zero-order valence-corrected chi connectivity index (χ0v) is 22.7. The molecular weight excluding hydrogens is 525 g/mol. The number of ether oxygens (including phenoxy) is 2. The Bertz CT molecular complexity index is 1460. The number of pyridine rings is 2. The molecule has 0 radical (unpaired) electrons. The van der Waals surface area contributed by atoms with Crippen LogP contribution in [-0.2, 0) is 10.3 Å². The number of hydrogen-bond donors (Lipinski definition) is 1. The number of halogens is 2. The molecule has 2 fully saturated rings. The van der Waals surface area contributed by atoms with Gasteiger partial charge in [0, 0.05) is 24.8 Å². The van der Waals surface area contributed by atoms with Crippen LogP contribution in [-0.4, -0.2) is 78.6 Å². The topological polar surface area (TPSA) is 103 Å². The van der Waals surface area contributed by atoms with Crippen molar-refractivity contribution < 1.29 is 19.0 Å². The first-order valence-electron chi connectivity index (χ1n) is 13.2. The van der Waals surface area contributed by atoms with Gasteiger partial charge >= 0.3 is 0 Å². The summed E-state index contributed by atoms with van der Waals surface area (Å²) in [6.07, 6.45) is 6.81. The second kappa shape index (κ2) is 10.5. The van der Waals surface area contributed by atoms with E-state index in [1.807, 2.05) is 30.8 Å². The van der Waals surface area contributed by atoms with Crippen LogP contribution in [0.3, 0.4) is 0 Å². The third-order valence-electron chi connectivity index (χ3n) is 7.97. The summed E-state index contributed by atoms with van der Waals surface area (Å²) in [5.41, 5.74) is 1.94. The number of rotatable bonds is 8. The standard InChI is InChI=1S/C27H31ClFN7O3/c1-3-27(37,24-5-4-19(29)11-30-24)16-39-23-10-18(13-35-26(23)22(28)12-31-35)25-17(2)36(33-32-25)20-6-8-34(9-7-20)21-14-38-15-21/h4-5,10-13,20-21,37H,3,6-9,14-16H2,1-2H3/t27-/m0/s1. The molecule has 10 nitrogen and oxygen atoms in total. The van der Waals surface area contributed by atoms with Crippen LogP contribution in [0.2, 0.25) is 5.02 Å². The second-order valence-electron chi connectivity index (χ2n) is 10.3. The van der Waals surface area contributed by atoms with Gasteiger partial charge in [0.25, 0.3) is 0 Å². The monoisotopic (exact) mass is 555 g/mol. The fourth-order valence-electron chi connectivity index (χ4n) is 5.38. The van der Waals surface area contributed by atoms with E-state index in [0.717, 1.165) is 62.3 Å². The third-order valence-corrected chi connectivity index (χ3v) is 8.25. The Morgan fingerprint density at radius 2 is 2.00 bits per heavy atom. The molecule has 1 N–H and O–H groups in total. The van der Waals surface area contributed by atoms with Gasteiger partial charge in [-0.1, -0.05) is 23.7 Å². The summed E-state index contributed by atoms with van der Waals surface area (Å²) < 4.78 is 28.6. The maximum absolute atomic E-state index is 13.4. The van der Waals surface area contributed by atoms with Crippen molar-refractivity contribution in [3.8, 4) is 17.0 Å².